The van der Waals surface area contributed by atoms with Crippen LogP contribution < -0.4 is 5.32 Å². The highest BCUT2D eigenvalue weighted by molar-refractivity contribution is 5.95. The fraction of sp³-hybridized carbons (Fsp3) is 0.269. The van der Waals surface area contributed by atoms with E-state index < -0.39 is 24.7 Å². The van der Waals surface area contributed by atoms with Gasteiger partial charge in [-0.1, -0.05) is 30.3 Å². The van der Waals surface area contributed by atoms with Crippen LogP contribution in [-0.4, -0.2) is 54.7 Å². The first kappa shape index (κ1) is 25.3. The monoisotopic (exact) mass is 523 g/mol. The smallest absolute Gasteiger partial charge is 0.374 e. The van der Waals surface area contributed by atoms with Crippen LogP contribution in [0.5, 0.6) is 0 Å². The number of nitrogens with one attached hydrogen (secondary N) is 2. The Morgan fingerprint density at radius 2 is 1.92 bits per heavy atom. The van der Waals surface area contributed by atoms with Gasteiger partial charge in [0.1, 0.15) is 36.2 Å². The van der Waals surface area contributed by atoms with E-state index in [0.29, 0.717) is 40.6 Å². The molecule has 1 atom stereocenters. The number of nitrogens with zero attached hydrogens (tertiary/aromatic N) is 5. The summed E-state index contributed by atoms with van der Waals surface area (Å²) in [4.78, 5) is 34.0. The van der Waals surface area contributed by atoms with Gasteiger partial charge in [-0.15, -0.1) is 0 Å². The van der Waals surface area contributed by atoms with Gasteiger partial charge < -0.3 is 15.0 Å². The maximum Gasteiger partial charge on any atom is 0.405 e. The lowest BCUT2D eigenvalue weighted by Gasteiger charge is -2.17. The van der Waals surface area contributed by atoms with Crippen LogP contribution in [0.25, 0.3) is 44.7 Å². The van der Waals surface area contributed by atoms with Crippen molar-refractivity contribution in [1.82, 2.24) is 34.8 Å². The molecule has 0 aliphatic rings. The lowest BCUT2D eigenvalue weighted by Crippen LogP contribution is -2.38. The largest absolute Gasteiger partial charge is 0.405 e. The Hall–Kier alpha value is -4.32. The molecule has 9 nitrogen and oxygen atoms in total. The van der Waals surface area contributed by atoms with Gasteiger partial charge in [-0.25, -0.2) is 19.9 Å². The topological polar surface area (TPSA) is 111 Å². The maximum absolute atomic E-state index is 12.7. The number of H-pyrrole nitrogens is 1. The molecule has 0 radical (unpaired) electrons. The van der Waals surface area contributed by atoms with Crippen LogP contribution in [0, 0.1) is 0 Å². The molecular weight excluding hydrogens is 499 g/mol. The number of pyridine rings is 1. The van der Waals surface area contributed by atoms with Gasteiger partial charge in [0.25, 0.3) is 0 Å². The van der Waals surface area contributed by atoms with Crippen LogP contribution in [-0.2, 0) is 16.1 Å². The molecule has 4 aromatic heterocycles. The molecule has 0 saturated heterocycles. The molecule has 4 heterocycles. The van der Waals surface area contributed by atoms with Gasteiger partial charge in [-0.3, -0.25) is 9.36 Å². The van der Waals surface area contributed by atoms with E-state index in [1.165, 1.54) is 17.7 Å². The molecule has 2 N–H and O–H groups in total. The molecular formula is C26H24F3N7O2. The third-order valence-electron chi connectivity index (χ3n) is 6.05. The maximum atomic E-state index is 12.7. The Morgan fingerprint density at radius 1 is 1.13 bits per heavy atom. The number of rotatable bonds is 8. The Bertz CT molecular complexity index is 1600. The lowest BCUT2D eigenvalue weighted by molar-refractivity contribution is -0.140. The number of carbonyl (C=O) groups is 1. The number of amides is 1. The van der Waals surface area contributed by atoms with Crippen molar-refractivity contribution in [2.45, 2.75) is 32.7 Å². The van der Waals surface area contributed by atoms with E-state index in [1.807, 2.05) is 41.7 Å². The number of ether oxygens (including phenoxy) is 1. The molecule has 38 heavy (non-hydrogen) atoms. The fourth-order valence-electron chi connectivity index (χ4n) is 4.20. The number of fused-ring (bicyclic) bond motifs is 2. The lowest BCUT2D eigenvalue weighted by atomic mass is 10.1. The first-order valence-electron chi connectivity index (χ1n) is 11.9. The van der Waals surface area contributed by atoms with Gasteiger partial charge >= 0.3 is 6.18 Å². The standard InChI is InChI=1S/C26H24F3N7O2/c1-3-38-13-21-34-20-12-32-23(35-24(20)36(21)15(2)25(37)33-14-26(27,28)29)19-11-31-22-18(19)9-17(10-30-22)16-7-5-4-6-8-16/h4-12,15H,3,13-14H2,1-2H3,(H,30,31)(H,33,37). The Balaban J connectivity index is 1.58. The van der Waals surface area contributed by atoms with Gasteiger partial charge in [-0.2, -0.15) is 13.2 Å². The summed E-state index contributed by atoms with van der Waals surface area (Å²) in [6.07, 6.45) is 0.516. The zero-order valence-electron chi connectivity index (χ0n) is 20.6. The predicted octanol–water partition coefficient (Wildman–Crippen LogP) is 4.81. The average Bonchev–Trinajstić information content (AvgIpc) is 3.50. The van der Waals surface area contributed by atoms with Crippen LogP contribution >= 0.6 is 0 Å². The minimum atomic E-state index is -4.53. The second-order valence-electron chi connectivity index (χ2n) is 8.64. The number of aromatic amines is 1. The Kier molecular flexibility index (Phi) is 6.81. The second-order valence-corrected chi connectivity index (χ2v) is 8.64. The number of imidazole rings is 1. The summed E-state index contributed by atoms with van der Waals surface area (Å²) in [5.41, 5.74) is 3.94. The fourth-order valence-corrected chi connectivity index (χ4v) is 4.20. The SMILES string of the molecule is CCOCc1nc2cnc(-c3c[nH]c4ncc(-c5ccccc5)cc34)nc2n1C(C)C(=O)NCC(F)(F)F. The van der Waals surface area contributed by atoms with Crippen molar-refractivity contribution >= 4 is 28.1 Å². The molecule has 5 aromatic rings. The summed E-state index contributed by atoms with van der Waals surface area (Å²) in [6, 6.07) is 10.8. The summed E-state index contributed by atoms with van der Waals surface area (Å²) in [5, 5.41) is 2.73. The van der Waals surface area contributed by atoms with Crippen LogP contribution in [0.3, 0.4) is 0 Å². The normalized spacial score (nSPS) is 12.8. The zero-order valence-corrected chi connectivity index (χ0v) is 20.6. The minimum absolute atomic E-state index is 0.0521. The molecule has 1 unspecified atom stereocenters. The van der Waals surface area contributed by atoms with E-state index in [0.717, 1.165) is 16.5 Å². The van der Waals surface area contributed by atoms with Crippen molar-refractivity contribution in [1.29, 1.82) is 0 Å². The molecule has 0 aliphatic heterocycles. The average molecular weight is 524 g/mol. The molecule has 12 heteroatoms. The molecule has 1 amide bonds. The van der Waals surface area contributed by atoms with E-state index in [-0.39, 0.29) is 6.61 Å². The minimum Gasteiger partial charge on any atom is -0.374 e. The van der Waals surface area contributed by atoms with Crippen molar-refractivity contribution in [3.63, 3.8) is 0 Å². The number of benzene rings is 1. The van der Waals surface area contributed by atoms with Crippen molar-refractivity contribution in [2.24, 2.45) is 0 Å². The number of hydrogen-bond acceptors (Lipinski definition) is 6. The van der Waals surface area contributed by atoms with Crippen LogP contribution in [0.1, 0.15) is 25.7 Å². The van der Waals surface area contributed by atoms with Gasteiger partial charge in [0.05, 0.1) is 6.20 Å². The quantitative estimate of drug-likeness (QED) is 0.302. The molecule has 0 bridgehead atoms. The van der Waals surface area contributed by atoms with E-state index in [9.17, 15) is 18.0 Å². The van der Waals surface area contributed by atoms with Crippen LogP contribution in [0.2, 0.25) is 0 Å². The number of hydrogen-bond donors (Lipinski definition) is 2. The van der Waals surface area contributed by atoms with E-state index >= 15 is 0 Å². The highest BCUT2D eigenvalue weighted by Crippen LogP contribution is 2.30. The summed E-state index contributed by atoms with van der Waals surface area (Å²) in [5.74, 6) is -0.110. The van der Waals surface area contributed by atoms with Crippen molar-refractivity contribution in [3.8, 4) is 22.5 Å². The van der Waals surface area contributed by atoms with Crippen LogP contribution in [0.4, 0.5) is 13.2 Å². The summed E-state index contributed by atoms with van der Waals surface area (Å²) < 4.78 is 45.1. The van der Waals surface area contributed by atoms with Crippen molar-refractivity contribution in [2.75, 3.05) is 13.2 Å². The third-order valence-corrected chi connectivity index (χ3v) is 6.05. The second kappa shape index (κ2) is 10.2. The number of aromatic nitrogens is 6. The molecule has 0 saturated carbocycles. The number of halogens is 3. The molecule has 0 aliphatic carbocycles. The molecule has 1 aromatic carbocycles. The first-order valence-corrected chi connectivity index (χ1v) is 11.9. The van der Waals surface area contributed by atoms with Gasteiger partial charge in [0.15, 0.2) is 11.5 Å². The van der Waals surface area contributed by atoms with E-state index in [1.54, 1.807) is 19.3 Å². The van der Waals surface area contributed by atoms with Crippen molar-refractivity contribution in [3.05, 3.63) is 60.8 Å². The Morgan fingerprint density at radius 3 is 2.66 bits per heavy atom. The molecule has 0 fully saturated rings. The van der Waals surface area contributed by atoms with Crippen LogP contribution in [0.15, 0.2) is 55.0 Å². The predicted molar refractivity (Wildman–Crippen MR) is 135 cm³/mol. The molecule has 0 spiro atoms. The van der Waals surface area contributed by atoms with Gasteiger partial charge in [0.2, 0.25) is 5.91 Å². The van der Waals surface area contributed by atoms with Crippen molar-refractivity contribution < 1.29 is 22.7 Å². The molecule has 196 valence electrons. The number of carbonyl (C=O) groups excluding carboxylic acids is 1. The summed E-state index contributed by atoms with van der Waals surface area (Å²) in [7, 11) is 0. The van der Waals surface area contributed by atoms with E-state index in [2.05, 4.69) is 19.9 Å². The van der Waals surface area contributed by atoms with Gasteiger partial charge in [-0.05, 0) is 25.5 Å². The molecule has 5 rings (SSSR count). The summed E-state index contributed by atoms with van der Waals surface area (Å²) >= 11 is 0. The Labute approximate surface area is 215 Å². The first-order chi connectivity index (χ1) is 18.2. The number of alkyl halides is 3. The third kappa shape index (κ3) is 5.07. The summed E-state index contributed by atoms with van der Waals surface area (Å²) in [6.45, 7) is 2.30. The van der Waals surface area contributed by atoms with E-state index in [4.69, 9.17) is 9.72 Å². The highest BCUT2D eigenvalue weighted by Gasteiger charge is 2.30. The zero-order chi connectivity index (χ0) is 26.9. The highest BCUT2D eigenvalue weighted by atomic mass is 19.4. The van der Waals surface area contributed by atoms with Gasteiger partial charge in [0, 0.05) is 35.5 Å².